The maximum Gasteiger partial charge on any atom is 0.243 e. The standard InChI is InChI=1S/C8H10ClN5O/c1-4-7(9)13-14-8(11-4)12-5-2-6(15)10-3-5/h5H,2-3H2,1H3,(H,10,15)(H,11,12,14)/t5-/m1/s1. The van der Waals surface area contributed by atoms with Gasteiger partial charge in [-0.1, -0.05) is 11.6 Å². The summed E-state index contributed by atoms with van der Waals surface area (Å²) in [5, 5.41) is 13.5. The molecule has 1 atom stereocenters. The fourth-order valence-electron chi connectivity index (χ4n) is 1.34. The summed E-state index contributed by atoms with van der Waals surface area (Å²) in [6, 6.07) is 0.0277. The van der Waals surface area contributed by atoms with Gasteiger partial charge in [-0.05, 0) is 6.92 Å². The molecule has 2 heterocycles. The highest BCUT2D eigenvalue weighted by atomic mass is 35.5. The number of carbonyl (C=O) groups excluding carboxylic acids is 1. The van der Waals surface area contributed by atoms with E-state index in [0.717, 1.165) is 0 Å². The molecule has 0 bridgehead atoms. The SMILES string of the molecule is Cc1nc(N[C@H]2CNC(=O)C2)nnc1Cl. The van der Waals surface area contributed by atoms with Gasteiger partial charge in [0, 0.05) is 13.0 Å². The number of nitrogens with one attached hydrogen (secondary N) is 2. The highest BCUT2D eigenvalue weighted by molar-refractivity contribution is 6.29. The van der Waals surface area contributed by atoms with Crippen LogP contribution in [0.3, 0.4) is 0 Å². The predicted octanol–water partition coefficient (Wildman–Crippen LogP) is 0.134. The molecule has 0 aromatic carbocycles. The topological polar surface area (TPSA) is 79.8 Å². The van der Waals surface area contributed by atoms with Crippen molar-refractivity contribution < 1.29 is 4.79 Å². The fourth-order valence-corrected chi connectivity index (χ4v) is 1.42. The summed E-state index contributed by atoms with van der Waals surface area (Å²) in [5.74, 6) is 0.435. The van der Waals surface area contributed by atoms with E-state index in [9.17, 15) is 4.79 Å². The monoisotopic (exact) mass is 227 g/mol. The van der Waals surface area contributed by atoms with Crippen LogP contribution in [0.1, 0.15) is 12.1 Å². The third-order valence-electron chi connectivity index (χ3n) is 2.12. The minimum absolute atomic E-state index is 0.0277. The summed E-state index contributed by atoms with van der Waals surface area (Å²) in [6.07, 6.45) is 0.436. The number of anilines is 1. The number of aromatic nitrogens is 3. The van der Waals surface area contributed by atoms with Crippen LogP contribution in [0.2, 0.25) is 5.15 Å². The van der Waals surface area contributed by atoms with E-state index >= 15 is 0 Å². The molecule has 0 saturated carbocycles. The third-order valence-corrected chi connectivity index (χ3v) is 2.46. The van der Waals surface area contributed by atoms with Crippen LogP contribution in [-0.4, -0.2) is 33.7 Å². The van der Waals surface area contributed by atoms with E-state index in [1.165, 1.54) is 0 Å². The van der Waals surface area contributed by atoms with Crippen LogP contribution in [0.25, 0.3) is 0 Å². The molecule has 15 heavy (non-hydrogen) atoms. The minimum atomic E-state index is 0.0277. The Kier molecular flexibility index (Phi) is 2.68. The maximum absolute atomic E-state index is 10.9. The molecule has 1 aromatic heterocycles. The lowest BCUT2D eigenvalue weighted by atomic mass is 10.3. The first-order chi connectivity index (χ1) is 7.15. The van der Waals surface area contributed by atoms with Gasteiger partial charge in [-0.15, -0.1) is 10.2 Å². The Morgan fingerprint density at radius 1 is 1.53 bits per heavy atom. The second-order valence-corrected chi connectivity index (χ2v) is 3.72. The van der Waals surface area contributed by atoms with Crippen molar-refractivity contribution in [2.24, 2.45) is 0 Å². The second kappa shape index (κ2) is 3.98. The summed E-state index contributed by atoms with van der Waals surface area (Å²) < 4.78 is 0. The molecule has 1 saturated heterocycles. The molecule has 0 spiro atoms. The van der Waals surface area contributed by atoms with Crippen LogP contribution in [-0.2, 0) is 4.79 Å². The third kappa shape index (κ3) is 2.33. The van der Waals surface area contributed by atoms with Gasteiger partial charge in [-0.2, -0.15) is 0 Å². The number of rotatable bonds is 2. The van der Waals surface area contributed by atoms with Gasteiger partial charge in [0.15, 0.2) is 5.15 Å². The number of hydrogen-bond donors (Lipinski definition) is 2. The molecule has 2 N–H and O–H groups in total. The molecule has 1 aliphatic rings. The quantitative estimate of drug-likeness (QED) is 0.751. The average Bonchev–Trinajstić information content (AvgIpc) is 2.58. The van der Waals surface area contributed by atoms with Gasteiger partial charge in [0.05, 0.1) is 11.7 Å². The molecule has 1 amide bonds. The molecule has 0 radical (unpaired) electrons. The Morgan fingerprint density at radius 2 is 2.33 bits per heavy atom. The van der Waals surface area contributed by atoms with Crippen LogP contribution >= 0.6 is 11.6 Å². The second-order valence-electron chi connectivity index (χ2n) is 3.36. The first-order valence-corrected chi connectivity index (χ1v) is 4.93. The lowest BCUT2D eigenvalue weighted by Crippen LogP contribution is -2.23. The summed E-state index contributed by atoms with van der Waals surface area (Å²) in [7, 11) is 0. The Morgan fingerprint density at radius 3 is 2.93 bits per heavy atom. The van der Waals surface area contributed by atoms with Crippen molar-refractivity contribution in [2.75, 3.05) is 11.9 Å². The van der Waals surface area contributed by atoms with Gasteiger partial charge in [-0.25, -0.2) is 4.98 Å². The maximum atomic E-state index is 10.9. The molecule has 2 rings (SSSR count). The van der Waals surface area contributed by atoms with Crippen LogP contribution in [0.15, 0.2) is 0 Å². The molecule has 6 nitrogen and oxygen atoms in total. The number of aryl methyl sites for hydroxylation is 1. The normalized spacial score (nSPS) is 20.1. The Balaban J connectivity index is 2.05. The van der Waals surface area contributed by atoms with Crippen molar-refractivity contribution in [2.45, 2.75) is 19.4 Å². The Bertz CT molecular complexity index is 397. The molecule has 7 heteroatoms. The van der Waals surface area contributed by atoms with Crippen molar-refractivity contribution >= 4 is 23.5 Å². The van der Waals surface area contributed by atoms with E-state index in [4.69, 9.17) is 11.6 Å². The van der Waals surface area contributed by atoms with Gasteiger partial charge in [0.2, 0.25) is 11.9 Å². The number of nitrogens with zero attached hydrogens (tertiary/aromatic N) is 3. The van der Waals surface area contributed by atoms with Crippen LogP contribution in [0, 0.1) is 6.92 Å². The van der Waals surface area contributed by atoms with Gasteiger partial charge < -0.3 is 10.6 Å². The molecule has 0 unspecified atom stereocenters. The van der Waals surface area contributed by atoms with Crippen LogP contribution in [0.4, 0.5) is 5.95 Å². The summed E-state index contributed by atoms with van der Waals surface area (Å²) >= 11 is 5.69. The number of hydrogen-bond acceptors (Lipinski definition) is 5. The number of halogens is 1. The molecular weight excluding hydrogens is 218 g/mol. The lowest BCUT2D eigenvalue weighted by molar-refractivity contribution is -0.119. The summed E-state index contributed by atoms with van der Waals surface area (Å²) in [6.45, 7) is 2.34. The first-order valence-electron chi connectivity index (χ1n) is 4.55. The van der Waals surface area contributed by atoms with Crippen molar-refractivity contribution in [1.29, 1.82) is 0 Å². The smallest absolute Gasteiger partial charge is 0.243 e. The molecule has 0 aliphatic carbocycles. The van der Waals surface area contributed by atoms with Crippen molar-refractivity contribution in [3.8, 4) is 0 Å². The molecule has 1 aliphatic heterocycles. The van der Waals surface area contributed by atoms with Crippen molar-refractivity contribution in [3.63, 3.8) is 0 Å². The van der Waals surface area contributed by atoms with Crippen LogP contribution < -0.4 is 10.6 Å². The zero-order chi connectivity index (χ0) is 10.8. The van der Waals surface area contributed by atoms with E-state index in [1.54, 1.807) is 6.92 Å². The molecule has 80 valence electrons. The molecule has 1 aromatic rings. The van der Waals surface area contributed by atoms with E-state index < -0.39 is 0 Å². The van der Waals surface area contributed by atoms with E-state index in [-0.39, 0.29) is 11.9 Å². The zero-order valence-electron chi connectivity index (χ0n) is 8.12. The van der Waals surface area contributed by atoms with Gasteiger partial charge in [-0.3, -0.25) is 4.79 Å². The fraction of sp³-hybridized carbons (Fsp3) is 0.500. The van der Waals surface area contributed by atoms with E-state index in [1.807, 2.05) is 0 Å². The molecular formula is C8H10ClN5O. The average molecular weight is 228 g/mol. The lowest BCUT2D eigenvalue weighted by Gasteiger charge is -2.09. The largest absolute Gasteiger partial charge is 0.354 e. The van der Waals surface area contributed by atoms with E-state index in [0.29, 0.717) is 29.8 Å². The van der Waals surface area contributed by atoms with Gasteiger partial charge in [0.1, 0.15) is 0 Å². The first kappa shape index (κ1) is 10.1. The minimum Gasteiger partial charge on any atom is -0.354 e. The zero-order valence-corrected chi connectivity index (χ0v) is 8.88. The number of amides is 1. The Labute approximate surface area is 91.4 Å². The highest BCUT2D eigenvalue weighted by Crippen LogP contribution is 2.11. The van der Waals surface area contributed by atoms with Crippen molar-refractivity contribution in [1.82, 2.24) is 20.5 Å². The molecule has 1 fully saturated rings. The van der Waals surface area contributed by atoms with Crippen LogP contribution in [0.5, 0.6) is 0 Å². The van der Waals surface area contributed by atoms with Crippen molar-refractivity contribution in [3.05, 3.63) is 10.8 Å². The predicted molar refractivity (Wildman–Crippen MR) is 54.6 cm³/mol. The number of carbonyl (C=O) groups is 1. The van der Waals surface area contributed by atoms with E-state index in [2.05, 4.69) is 25.8 Å². The highest BCUT2D eigenvalue weighted by Gasteiger charge is 2.21. The van der Waals surface area contributed by atoms with Gasteiger partial charge in [0.25, 0.3) is 0 Å². The Hall–Kier alpha value is -1.43. The summed E-state index contributed by atoms with van der Waals surface area (Å²) in [5.41, 5.74) is 0.617. The van der Waals surface area contributed by atoms with Gasteiger partial charge >= 0.3 is 0 Å². The summed E-state index contributed by atoms with van der Waals surface area (Å²) in [4.78, 5) is 15.0.